The molecular weight excluding hydrogens is 174 g/mol. The minimum absolute atomic E-state index is 0.119. The van der Waals surface area contributed by atoms with Crippen molar-refractivity contribution in [3.8, 4) is 0 Å². The van der Waals surface area contributed by atoms with Crippen LogP contribution in [0.25, 0.3) is 0 Å². The average molecular weight is 195 g/mol. The van der Waals surface area contributed by atoms with Crippen LogP contribution in [0.5, 0.6) is 0 Å². The summed E-state index contributed by atoms with van der Waals surface area (Å²) in [6, 6.07) is 0. The minimum atomic E-state index is 0.119. The van der Waals surface area contributed by atoms with Crippen LogP contribution in [0.15, 0.2) is 11.6 Å². The summed E-state index contributed by atoms with van der Waals surface area (Å²) in [6.07, 6.45) is 9.24. The Labute approximate surface area is 86.8 Å². The van der Waals surface area contributed by atoms with Crippen LogP contribution in [-0.2, 0) is 4.79 Å². The second kappa shape index (κ2) is 5.84. The van der Waals surface area contributed by atoms with Gasteiger partial charge in [-0.25, -0.2) is 0 Å². The minimum Gasteiger partial charge on any atom is -0.355 e. The SMILES string of the molecule is CCCCC/C(=C\C1CC1)C(=O)NC. The number of unbranched alkanes of at least 4 members (excludes halogenated alkanes) is 2. The molecule has 0 unspecified atom stereocenters. The zero-order valence-corrected chi connectivity index (χ0v) is 9.31. The zero-order valence-electron chi connectivity index (χ0n) is 9.31. The van der Waals surface area contributed by atoms with Gasteiger partial charge >= 0.3 is 0 Å². The average Bonchev–Trinajstić information content (AvgIpc) is 2.99. The number of hydrogen-bond donors (Lipinski definition) is 1. The zero-order chi connectivity index (χ0) is 10.4. The van der Waals surface area contributed by atoms with Crippen molar-refractivity contribution in [2.45, 2.75) is 45.4 Å². The molecule has 2 nitrogen and oxygen atoms in total. The summed E-state index contributed by atoms with van der Waals surface area (Å²) in [5.41, 5.74) is 1.00. The van der Waals surface area contributed by atoms with Gasteiger partial charge in [-0.05, 0) is 31.6 Å². The van der Waals surface area contributed by atoms with Crippen molar-refractivity contribution in [1.82, 2.24) is 5.32 Å². The van der Waals surface area contributed by atoms with E-state index in [9.17, 15) is 4.79 Å². The third-order valence-electron chi connectivity index (χ3n) is 2.63. The monoisotopic (exact) mass is 195 g/mol. The third kappa shape index (κ3) is 3.95. The number of carbonyl (C=O) groups excluding carboxylic acids is 1. The van der Waals surface area contributed by atoms with Crippen molar-refractivity contribution in [2.75, 3.05) is 7.05 Å². The second-order valence-electron chi connectivity index (χ2n) is 4.07. The largest absolute Gasteiger partial charge is 0.355 e. The molecule has 0 atom stereocenters. The van der Waals surface area contributed by atoms with Gasteiger partial charge in [0.1, 0.15) is 0 Å². The van der Waals surface area contributed by atoms with Crippen molar-refractivity contribution in [3.63, 3.8) is 0 Å². The summed E-state index contributed by atoms with van der Waals surface area (Å²) in [5.74, 6) is 0.817. The molecule has 0 aromatic heterocycles. The van der Waals surface area contributed by atoms with Crippen LogP contribution in [0.1, 0.15) is 45.4 Å². The van der Waals surface area contributed by atoms with E-state index in [0.717, 1.165) is 18.4 Å². The molecule has 2 heteroatoms. The Kier molecular flexibility index (Phi) is 4.71. The van der Waals surface area contributed by atoms with Crippen LogP contribution >= 0.6 is 0 Å². The molecule has 1 saturated carbocycles. The highest BCUT2D eigenvalue weighted by atomic mass is 16.1. The third-order valence-corrected chi connectivity index (χ3v) is 2.63. The molecule has 1 aliphatic carbocycles. The van der Waals surface area contributed by atoms with Crippen molar-refractivity contribution < 1.29 is 4.79 Å². The van der Waals surface area contributed by atoms with E-state index in [4.69, 9.17) is 0 Å². The number of amides is 1. The van der Waals surface area contributed by atoms with Crippen LogP contribution in [-0.4, -0.2) is 13.0 Å². The van der Waals surface area contributed by atoms with Gasteiger partial charge in [0.05, 0.1) is 0 Å². The molecular formula is C12H21NO. The fourth-order valence-electron chi connectivity index (χ4n) is 1.55. The normalized spacial score (nSPS) is 16.9. The summed E-state index contributed by atoms with van der Waals surface area (Å²) in [7, 11) is 1.71. The lowest BCUT2D eigenvalue weighted by Crippen LogP contribution is -2.20. The van der Waals surface area contributed by atoms with Gasteiger partial charge in [-0.2, -0.15) is 0 Å². The van der Waals surface area contributed by atoms with Crippen LogP contribution in [0.2, 0.25) is 0 Å². The van der Waals surface area contributed by atoms with E-state index in [1.807, 2.05) is 0 Å². The molecule has 1 fully saturated rings. The van der Waals surface area contributed by atoms with Crippen LogP contribution in [0.4, 0.5) is 0 Å². The number of allylic oxidation sites excluding steroid dienone is 1. The molecule has 0 spiro atoms. The summed E-state index contributed by atoms with van der Waals surface area (Å²) in [4.78, 5) is 11.5. The fraction of sp³-hybridized carbons (Fsp3) is 0.750. The number of nitrogens with one attached hydrogen (secondary N) is 1. The Bertz CT molecular complexity index is 216. The molecule has 80 valence electrons. The maximum absolute atomic E-state index is 11.5. The molecule has 0 aromatic rings. The highest BCUT2D eigenvalue weighted by Gasteiger charge is 2.20. The number of hydrogen-bond acceptors (Lipinski definition) is 1. The topological polar surface area (TPSA) is 29.1 Å². The Morgan fingerprint density at radius 1 is 1.43 bits per heavy atom. The predicted octanol–water partition coefficient (Wildman–Crippen LogP) is 2.65. The highest BCUT2D eigenvalue weighted by Crippen LogP contribution is 2.32. The molecule has 1 N–H and O–H groups in total. The standard InChI is InChI=1S/C12H21NO/c1-3-4-5-6-11(12(14)13-2)9-10-7-8-10/h9-10H,3-8H2,1-2H3,(H,13,14)/b11-9+. The van der Waals surface area contributed by atoms with E-state index >= 15 is 0 Å². The summed E-state index contributed by atoms with van der Waals surface area (Å²) < 4.78 is 0. The Hall–Kier alpha value is -0.790. The quantitative estimate of drug-likeness (QED) is 0.512. The lowest BCUT2D eigenvalue weighted by molar-refractivity contribution is -0.117. The van der Waals surface area contributed by atoms with Gasteiger partial charge in [-0.3, -0.25) is 4.79 Å². The summed E-state index contributed by atoms with van der Waals surface area (Å²) in [5, 5.41) is 2.72. The van der Waals surface area contributed by atoms with E-state index in [1.54, 1.807) is 7.05 Å². The number of carbonyl (C=O) groups is 1. The fourth-order valence-corrected chi connectivity index (χ4v) is 1.55. The molecule has 0 heterocycles. The van der Waals surface area contributed by atoms with Gasteiger partial charge in [-0.15, -0.1) is 0 Å². The molecule has 0 aliphatic heterocycles. The van der Waals surface area contributed by atoms with Gasteiger partial charge < -0.3 is 5.32 Å². The molecule has 14 heavy (non-hydrogen) atoms. The number of likely N-dealkylation sites (N-methyl/N-ethyl adjacent to an activating group) is 1. The second-order valence-corrected chi connectivity index (χ2v) is 4.07. The van der Waals surface area contributed by atoms with E-state index in [2.05, 4.69) is 18.3 Å². The lowest BCUT2D eigenvalue weighted by atomic mass is 10.1. The van der Waals surface area contributed by atoms with Crippen molar-refractivity contribution in [3.05, 3.63) is 11.6 Å². The van der Waals surface area contributed by atoms with Crippen molar-refractivity contribution in [2.24, 2.45) is 5.92 Å². The van der Waals surface area contributed by atoms with Crippen molar-refractivity contribution in [1.29, 1.82) is 0 Å². The number of rotatable bonds is 6. The van der Waals surface area contributed by atoms with Gasteiger partial charge in [0.2, 0.25) is 5.91 Å². The Morgan fingerprint density at radius 2 is 2.14 bits per heavy atom. The van der Waals surface area contributed by atoms with E-state index in [0.29, 0.717) is 5.92 Å². The first-order valence-corrected chi connectivity index (χ1v) is 5.70. The maximum Gasteiger partial charge on any atom is 0.246 e. The lowest BCUT2D eigenvalue weighted by Gasteiger charge is -2.05. The first kappa shape index (κ1) is 11.3. The predicted molar refractivity (Wildman–Crippen MR) is 59.0 cm³/mol. The van der Waals surface area contributed by atoms with Crippen molar-refractivity contribution >= 4 is 5.91 Å². The van der Waals surface area contributed by atoms with Gasteiger partial charge in [0, 0.05) is 12.6 Å². The first-order chi connectivity index (χ1) is 6.77. The van der Waals surface area contributed by atoms with Gasteiger partial charge in [-0.1, -0.05) is 25.8 Å². The van der Waals surface area contributed by atoms with Crippen LogP contribution < -0.4 is 5.32 Å². The Morgan fingerprint density at radius 3 is 2.64 bits per heavy atom. The molecule has 1 amide bonds. The molecule has 1 rings (SSSR count). The van der Waals surface area contributed by atoms with Gasteiger partial charge in [0.25, 0.3) is 0 Å². The maximum atomic E-state index is 11.5. The summed E-state index contributed by atoms with van der Waals surface area (Å²) >= 11 is 0. The van der Waals surface area contributed by atoms with Crippen LogP contribution in [0, 0.1) is 5.92 Å². The molecule has 1 aliphatic rings. The van der Waals surface area contributed by atoms with E-state index in [-0.39, 0.29) is 5.91 Å². The Balaban J connectivity index is 2.39. The van der Waals surface area contributed by atoms with E-state index < -0.39 is 0 Å². The summed E-state index contributed by atoms with van der Waals surface area (Å²) in [6.45, 7) is 2.18. The molecule has 0 bridgehead atoms. The van der Waals surface area contributed by atoms with E-state index in [1.165, 1.54) is 25.7 Å². The first-order valence-electron chi connectivity index (χ1n) is 5.70. The molecule has 0 saturated heterocycles. The molecule has 0 radical (unpaired) electrons. The smallest absolute Gasteiger partial charge is 0.246 e. The van der Waals surface area contributed by atoms with Gasteiger partial charge in [0.15, 0.2) is 0 Å². The highest BCUT2D eigenvalue weighted by molar-refractivity contribution is 5.93. The van der Waals surface area contributed by atoms with Crippen LogP contribution in [0.3, 0.4) is 0 Å². The molecule has 0 aromatic carbocycles.